The molecule has 0 aliphatic carbocycles. The van der Waals surface area contributed by atoms with Crippen molar-refractivity contribution < 1.29 is 36.4 Å². The molecule has 0 spiro atoms. The lowest BCUT2D eigenvalue weighted by molar-refractivity contribution is -0.720. The highest BCUT2D eigenvalue weighted by atomic mass is 32.3. The normalized spacial score (nSPS) is 38.7. The molecule has 0 aromatic carbocycles. The monoisotopic (exact) mass is 270 g/mol. The van der Waals surface area contributed by atoms with E-state index >= 15 is 0 Å². The number of hydrogen-bond acceptors (Lipinski definition) is 8. The summed E-state index contributed by atoms with van der Waals surface area (Å²) in [6, 6.07) is 0. The summed E-state index contributed by atoms with van der Waals surface area (Å²) in [6.07, 6.45) is 3.69. The van der Waals surface area contributed by atoms with Crippen molar-refractivity contribution in [2.75, 3.05) is 6.61 Å². The Morgan fingerprint density at radius 2 is 1.94 bits per heavy atom. The number of ether oxygens (including phenoxy) is 1. The van der Waals surface area contributed by atoms with E-state index in [9.17, 15) is 13.5 Å². The van der Waals surface area contributed by atoms with Gasteiger partial charge in [0.05, 0.1) is 6.61 Å². The zero-order valence-electron chi connectivity index (χ0n) is 9.25. The van der Waals surface area contributed by atoms with Gasteiger partial charge in [-0.3, -0.25) is 0 Å². The molecule has 9 heteroatoms. The van der Waals surface area contributed by atoms with Crippen LogP contribution in [0, 0.1) is 0 Å². The van der Waals surface area contributed by atoms with Crippen LogP contribution in [-0.4, -0.2) is 32.1 Å². The van der Waals surface area contributed by atoms with Gasteiger partial charge in [-0.1, -0.05) is 26.2 Å². The Balaban J connectivity index is 1.87. The van der Waals surface area contributed by atoms with Gasteiger partial charge in [0, 0.05) is 0 Å². The number of rotatable bonds is 6. The largest absolute Gasteiger partial charge is 0.416 e. The summed E-state index contributed by atoms with van der Waals surface area (Å²) in [5, 5.41) is 9.54. The lowest BCUT2D eigenvalue weighted by atomic mass is 10.2. The molecule has 0 aromatic heterocycles. The SMILES string of the molecule is CCCCCCOC12OOC1(O)OS(=O)(=O)O2. The van der Waals surface area contributed by atoms with Gasteiger partial charge >= 0.3 is 22.3 Å². The molecule has 1 N–H and O–H groups in total. The molecule has 2 aliphatic heterocycles. The second kappa shape index (κ2) is 4.43. The number of aliphatic hydroxyl groups is 1. The first-order valence-electron chi connectivity index (χ1n) is 5.32. The molecule has 2 unspecified atom stereocenters. The predicted octanol–water partition coefficient (Wildman–Crippen LogP) is 0.137. The molecule has 2 heterocycles. The summed E-state index contributed by atoms with van der Waals surface area (Å²) in [5.41, 5.74) is 0. The molecular weight excluding hydrogens is 256 g/mol. The van der Waals surface area contributed by atoms with Crippen molar-refractivity contribution >= 4 is 10.4 Å². The highest BCUT2D eigenvalue weighted by molar-refractivity contribution is 7.82. The predicted molar refractivity (Wildman–Crippen MR) is 51.0 cm³/mol. The molecule has 8 nitrogen and oxygen atoms in total. The molecule has 2 saturated heterocycles. The summed E-state index contributed by atoms with van der Waals surface area (Å²) in [7, 11) is -4.37. The van der Waals surface area contributed by atoms with Crippen LogP contribution in [0.25, 0.3) is 0 Å². The molecule has 0 aromatic rings. The maximum Gasteiger partial charge on any atom is 0.416 e. The van der Waals surface area contributed by atoms with Crippen molar-refractivity contribution in [1.82, 2.24) is 0 Å². The van der Waals surface area contributed by atoms with Crippen LogP contribution in [-0.2, 0) is 33.3 Å². The van der Waals surface area contributed by atoms with Crippen LogP contribution in [0.4, 0.5) is 0 Å². The topological polar surface area (TPSA) is 101 Å². The van der Waals surface area contributed by atoms with Crippen LogP contribution in [0.15, 0.2) is 0 Å². The van der Waals surface area contributed by atoms with Gasteiger partial charge in [0.15, 0.2) is 0 Å². The van der Waals surface area contributed by atoms with E-state index in [1.165, 1.54) is 0 Å². The summed E-state index contributed by atoms with van der Waals surface area (Å²) in [6.45, 7) is 2.21. The molecule has 2 fully saturated rings. The Morgan fingerprint density at radius 3 is 2.47 bits per heavy atom. The Morgan fingerprint density at radius 1 is 1.18 bits per heavy atom. The molecule has 2 aliphatic rings. The third-order valence-corrected chi connectivity index (χ3v) is 3.22. The molecule has 100 valence electrons. The van der Waals surface area contributed by atoms with Gasteiger partial charge in [0.2, 0.25) is 0 Å². The van der Waals surface area contributed by atoms with Crippen LogP contribution in [0.3, 0.4) is 0 Å². The molecule has 0 amide bonds. The fourth-order valence-electron chi connectivity index (χ4n) is 1.48. The Kier molecular flexibility index (Phi) is 3.42. The Bertz CT molecular complexity index is 381. The maximum absolute atomic E-state index is 11.0. The first-order chi connectivity index (χ1) is 7.93. The van der Waals surface area contributed by atoms with Crippen molar-refractivity contribution in [2.24, 2.45) is 0 Å². The van der Waals surface area contributed by atoms with Crippen molar-refractivity contribution in [1.29, 1.82) is 0 Å². The summed E-state index contributed by atoms with van der Waals surface area (Å²) >= 11 is 0. The minimum Gasteiger partial charge on any atom is -0.334 e. The molecule has 17 heavy (non-hydrogen) atoms. The van der Waals surface area contributed by atoms with Gasteiger partial charge in [-0.15, -0.1) is 0 Å². The first-order valence-corrected chi connectivity index (χ1v) is 6.66. The molecule has 0 saturated carbocycles. The molecule has 0 bridgehead atoms. The number of fused-ring (bicyclic) bond motifs is 1. The van der Waals surface area contributed by atoms with Crippen molar-refractivity contribution in [3.8, 4) is 0 Å². The Labute approximate surface area is 98.6 Å². The van der Waals surface area contributed by atoms with Gasteiger partial charge in [0.1, 0.15) is 0 Å². The lowest BCUT2D eigenvalue weighted by Crippen LogP contribution is -2.66. The van der Waals surface area contributed by atoms with Crippen LogP contribution >= 0.6 is 0 Å². The highest BCUT2D eigenvalue weighted by Gasteiger charge is 2.79. The van der Waals surface area contributed by atoms with Crippen LogP contribution in [0.2, 0.25) is 0 Å². The van der Waals surface area contributed by atoms with Gasteiger partial charge in [-0.2, -0.15) is 26.6 Å². The second-order valence-electron chi connectivity index (χ2n) is 3.79. The first kappa shape index (κ1) is 13.1. The maximum atomic E-state index is 11.0. The number of unbranched alkanes of at least 4 members (excludes halogenated alkanes) is 3. The smallest absolute Gasteiger partial charge is 0.334 e. The van der Waals surface area contributed by atoms with E-state index in [0.29, 0.717) is 6.42 Å². The van der Waals surface area contributed by atoms with Gasteiger partial charge in [-0.05, 0) is 6.42 Å². The van der Waals surface area contributed by atoms with E-state index in [1.54, 1.807) is 0 Å². The van der Waals surface area contributed by atoms with E-state index in [0.717, 1.165) is 19.3 Å². The molecule has 0 radical (unpaired) electrons. The van der Waals surface area contributed by atoms with Gasteiger partial charge in [-0.25, -0.2) is 0 Å². The zero-order valence-corrected chi connectivity index (χ0v) is 10.1. The molecule has 2 atom stereocenters. The van der Waals surface area contributed by atoms with E-state index in [1.807, 2.05) is 0 Å². The second-order valence-corrected chi connectivity index (χ2v) is 4.94. The highest BCUT2D eigenvalue weighted by Crippen LogP contribution is 2.49. The minimum absolute atomic E-state index is 0.157. The van der Waals surface area contributed by atoms with E-state index < -0.39 is 22.3 Å². The van der Waals surface area contributed by atoms with Crippen molar-refractivity contribution in [3.05, 3.63) is 0 Å². The van der Waals surface area contributed by atoms with E-state index in [4.69, 9.17) is 4.74 Å². The minimum atomic E-state index is -4.37. The van der Waals surface area contributed by atoms with Crippen LogP contribution in [0.5, 0.6) is 0 Å². The summed E-state index contributed by atoms with van der Waals surface area (Å²) in [4.78, 5) is 8.55. The number of hydrogen-bond donors (Lipinski definition) is 1. The zero-order chi connectivity index (χ0) is 12.6. The molecular formula is C8H14O8S. The van der Waals surface area contributed by atoms with E-state index in [2.05, 4.69) is 25.1 Å². The van der Waals surface area contributed by atoms with Gasteiger partial charge in [0.25, 0.3) is 0 Å². The van der Waals surface area contributed by atoms with Crippen LogP contribution < -0.4 is 0 Å². The third-order valence-electron chi connectivity index (χ3n) is 2.37. The average molecular weight is 270 g/mol. The quantitative estimate of drug-likeness (QED) is 0.537. The van der Waals surface area contributed by atoms with Crippen LogP contribution in [0.1, 0.15) is 32.6 Å². The third kappa shape index (κ3) is 2.32. The standard InChI is InChI=1S/C8H14O8S/c1-2-3-4-5-6-12-8-7(9,13-14-8)15-17(10,11)16-8/h9H,2-6H2,1H3. The van der Waals surface area contributed by atoms with Crippen molar-refractivity contribution in [2.45, 2.75) is 44.6 Å². The summed E-state index contributed by atoms with van der Waals surface area (Å²) in [5.74, 6) is -4.77. The van der Waals surface area contributed by atoms with Gasteiger partial charge < -0.3 is 9.84 Å². The van der Waals surface area contributed by atoms with Crippen molar-refractivity contribution in [3.63, 3.8) is 0 Å². The summed E-state index contributed by atoms with van der Waals surface area (Å²) < 4.78 is 35.6. The lowest BCUT2D eigenvalue weighted by Gasteiger charge is -2.40. The Hall–Kier alpha value is -0.290. The average Bonchev–Trinajstić information content (AvgIpc) is 2.37. The van der Waals surface area contributed by atoms with E-state index in [-0.39, 0.29) is 6.61 Å². The fraction of sp³-hybridized carbons (Fsp3) is 1.00. The molecule has 2 rings (SSSR count). The fourth-order valence-corrected chi connectivity index (χ4v) is 2.37.